The highest BCUT2D eigenvalue weighted by Gasteiger charge is 2.37. The van der Waals surface area contributed by atoms with Gasteiger partial charge in [0.1, 0.15) is 12.9 Å². The first kappa shape index (κ1) is 35.8. The Balaban J connectivity index is 4.89. The molecule has 0 aromatic carbocycles. The standard InChI is InChI=1S/C25H49NO11/c1-4-12-33-21-37-17-23(30)16-36-19-25(5-2,24(31)7-13-34-20-32-6-3)18-35-15-22(29)14-26(8-10-27)9-11-28/h4,6,22-24,27-31H,1,3,5,7-21H2,2H3. The summed E-state index contributed by atoms with van der Waals surface area (Å²) in [5.41, 5.74) is -0.827. The first-order chi connectivity index (χ1) is 17.9. The minimum Gasteiger partial charge on any atom is -0.476 e. The summed E-state index contributed by atoms with van der Waals surface area (Å²) in [5, 5.41) is 49.8. The van der Waals surface area contributed by atoms with Gasteiger partial charge in [-0.3, -0.25) is 4.90 Å². The van der Waals surface area contributed by atoms with E-state index in [0.717, 1.165) is 0 Å². The molecule has 0 aromatic heterocycles. The van der Waals surface area contributed by atoms with Crippen molar-refractivity contribution in [3.8, 4) is 0 Å². The van der Waals surface area contributed by atoms with Crippen molar-refractivity contribution in [2.75, 3.05) is 92.7 Å². The molecule has 0 fully saturated rings. The smallest absolute Gasteiger partial charge is 0.188 e. The predicted octanol–water partition coefficient (Wildman–Crippen LogP) is -0.514. The van der Waals surface area contributed by atoms with E-state index >= 15 is 0 Å². The number of nitrogens with zero attached hydrogens (tertiary/aromatic N) is 1. The quantitative estimate of drug-likeness (QED) is 0.0375. The van der Waals surface area contributed by atoms with Gasteiger partial charge in [-0.05, 0) is 12.8 Å². The van der Waals surface area contributed by atoms with Crippen LogP contribution in [0.4, 0.5) is 0 Å². The monoisotopic (exact) mass is 539 g/mol. The molecule has 0 saturated carbocycles. The van der Waals surface area contributed by atoms with Crippen LogP contribution < -0.4 is 0 Å². The number of aliphatic hydroxyl groups excluding tert-OH is 5. The predicted molar refractivity (Wildman–Crippen MR) is 137 cm³/mol. The Labute approximate surface area is 221 Å². The van der Waals surface area contributed by atoms with Crippen molar-refractivity contribution in [2.45, 2.75) is 38.1 Å². The third-order valence-corrected chi connectivity index (χ3v) is 5.63. The summed E-state index contributed by atoms with van der Waals surface area (Å²) in [6.45, 7) is 10.4. The zero-order valence-electron chi connectivity index (χ0n) is 22.2. The molecule has 0 amide bonds. The van der Waals surface area contributed by atoms with Crippen molar-refractivity contribution in [2.24, 2.45) is 5.41 Å². The summed E-state index contributed by atoms with van der Waals surface area (Å²) >= 11 is 0. The SMILES string of the molecule is C=CCOCOCC(O)COCC(CC)(COCC(O)CN(CCO)CCO)C(O)CCOCOC=C. The fraction of sp³-hybridized carbons (Fsp3) is 0.840. The molecule has 0 bridgehead atoms. The average molecular weight is 540 g/mol. The van der Waals surface area contributed by atoms with E-state index in [-0.39, 0.29) is 79.4 Å². The topological polar surface area (TPSA) is 160 Å². The van der Waals surface area contributed by atoms with Gasteiger partial charge in [0.2, 0.25) is 0 Å². The van der Waals surface area contributed by atoms with Gasteiger partial charge in [0.25, 0.3) is 0 Å². The lowest BCUT2D eigenvalue weighted by Gasteiger charge is -2.37. The highest BCUT2D eigenvalue weighted by Crippen LogP contribution is 2.30. The summed E-state index contributed by atoms with van der Waals surface area (Å²) in [6, 6.07) is 0. The number of aliphatic hydroxyl groups is 5. The maximum absolute atomic E-state index is 11.0. The molecule has 0 aromatic rings. The number of hydrogen-bond acceptors (Lipinski definition) is 12. The summed E-state index contributed by atoms with van der Waals surface area (Å²) in [7, 11) is 0. The fourth-order valence-electron chi connectivity index (χ4n) is 3.48. The van der Waals surface area contributed by atoms with Crippen LogP contribution in [0.5, 0.6) is 0 Å². The second-order valence-corrected chi connectivity index (χ2v) is 8.61. The van der Waals surface area contributed by atoms with Crippen LogP contribution in [0.15, 0.2) is 25.5 Å². The van der Waals surface area contributed by atoms with Crippen LogP contribution in [0, 0.1) is 5.41 Å². The maximum atomic E-state index is 11.0. The molecule has 0 aliphatic rings. The van der Waals surface area contributed by atoms with Crippen LogP contribution in [0.1, 0.15) is 19.8 Å². The Morgan fingerprint density at radius 1 is 0.838 bits per heavy atom. The van der Waals surface area contributed by atoms with E-state index in [2.05, 4.69) is 13.2 Å². The molecule has 0 heterocycles. The maximum Gasteiger partial charge on any atom is 0.188 e. The van der Waals surface area contributed by atoms with Crippen molar-refractivity contribution >= 4 is 0 Å². The van der Waals surface area contributed by atoms with Gasteiger partial charge >= 0.3 is 0 Å². The largest absolute Gasteiger partial charge is 0.476 e. The third-order valence-electron chi connectivity index (χ3n) is 5.63. The molecule has 0 spiro atoms. The molecule has 0 aliphatic carbocycles. The lowest BCUT2D eigenvalue weighted by atomic mass is 9.79. The highest BCUT2D eigenvalue weighted by atomic mass is 16.7. The van der Waals surface area contributed by atoms with Crippen LogP contribution in [0.2, 0.25) is 0 Å². The molecular weight excluding hydrogens is 490 g/mol. The number of hydrogen-bond donors (Lipinski definition) is 5. The van der Waals surface area contributed by atoms with Gasteiger partial charge in [-0.2, -0.15) is 0 Å². The Bertz CT molecular complexity index is 537. The van der Waals surface area contributed by atoms with E-state index in [1.165, 1.54) is 6.26 Å². The summed E-state index contributed by atoms with van der Waals surface area (Å²) in [4.78, 5) is 1.73. The molecule has 0 aliphatic heterocycles. The van der Waals surface area contributed by atoms with E-state index in [1.807, 2.05) is 6.92 Å². The van der Waals surface area contributed by atoms with Crippen molar-refractivity contribution < 1.29 is 54.0 Å². The second-order valence-electron chi connectivity index (χ2n) is 8.61. The zero-order valence-corrected chi connectivity index (χ0v) is 22.2. The molecule has 0 rings (SSSR count). The van der Waals surface area contributed by atoms with Gasteiger partial charge in [0, 0.05) is 25.0 Å². The van der Waals surface area contributed by atoms with Crippen LogP contribution in [0.3, 0.4) is 0 Å². The molecule has 4 unspecified atom stereocenters. The van der Waals surface area contributed by atoms with Crippen molar-refractivity contribution in [1.29, 1.82) is 0 Å². The van der Waals surface area contributed by atoms with Crippen molar-refractivity contribution in [3.63, 3.8) is 0 Å². The molecular formula is C25H49NO11. The van der Waals surface area contributed by atoms with Crippen molar-refractivity contribution in [1.82, 2.24) is 4.90 Å². The Kier molecular flexibility index (Phi) is 23.2. The lowest BCUT2D eigenvalue weighted by molar-refractivity contribution is -0.130. The second kappa shape index (κ2) is 23.9. The highest BCUT2D eigenvalue weighted by molar-refractivity contribution is 4.86. The Morgan fingerprint density at radius 3 is 2.03 bits per heavy atom. The average Bonchev–Trinajstić information content (AvgIpc) is 2.87. The number of rotatable bonds is 28. The van der Waals surface area contributed by atoms with E-state index in [9.17, 15) is 15.3 Å². The molecule has 220 valence electrons. The van der Waals surface area contributed by atoms with E-state index < -0.39 is 23.7 Å². The molecule has 4 atom stereocenters. The van der Waals surface area contributed by atoms with Gasteiger partial charge in [-0.1, -0.05) is 19.6 Å². The summed E-state index contributed by atoms with van der Waals surface area (Å²) < 4.78 is 32.1. The van der Waals surface area contributed by atoms with Gasteiger partial charge < -0.3 is 54.0 Å². The zero-order chi connectivity index (χ0) is 27.8. The molecule has 0 saturated heterocycles. The summed E-state index contributed by atoms with van der Waals surface area (Å²) in [6.07, 6.45) is 1.05. The third kappa shape index (κ3) is 17.9. The minimum atomic E-state index is -0.884. The van der Waals surface area contributed by atoms with E-state index in [1.54, 1.807) is 11.0 Å². The van der Waals surface area contributed by atoms with Crippen molar-refractivity contribution in [3.05, 3.63) is 25.5 Å². The van der Waals surface area contributed by atoms with E-state index in [4.69, 9.17) is 38.6 Å². The lowest BCUT2D eigenvalue weighted by Crippen LogP contribution is -2.45. The van der Waals surface area contributed by atoms with Crippen LogP contribution in [-0.4, -0.2) is 141 Å². The van der Waals surface area contributed by atoms with Crippen LogP contribution >= 0.6 is 0 Å². The number of ether oxygens (including phenoxy) is 6. The molecule has 12 nitrogen and oxygen atoms in total. The van der Waals surface area contributed by atoms with Gasteiger partial charge in [0.15, 0.2) is 6.79 Å². The van der Waals surface area contributed by atoms with Gasteiger partial charge in [0.05, 0.1) is 77.9 Å². The normalized spacial score (nSPS) is 15.8. The summed E-state index contributed by atoms with van der Waals surface area (Å²) in [5.74, 6) is 0. The molecule has 12 heteroatoms. The Hall–Kier alpha value is -1.16. The first-order valence-corrected chi connectivity index (χ1v) is 12.6. The van der Waals surface area contributed by atoms with E-state index in [0.29, 0.717) is 26.1 Å². The fourth-order valence-corrected chi connectivity index (χ4v) is 3.48. The Morgan fingerprint density at radius 2 is 1.46 bits per heavy atom. The minimum absolute atomic E-state index is 0.00727. The van der Waals surface area contributed by atoms with Gasteiger partial charge in [-0.25, -0.2) is 0 Å². The molecule has 0 radical (unpaired) electrons. The molecule has 5 N–H and O–H groups in total. The van der Waals surface area contributed by atoms with Crippen LogP contribution in [0.25, 0.3) is 0 Å². The first-order valence-electron chi connectivity index (χ1n) is 12.6. The van der Waals surface area contributed by atoms with Crippen LogP contribution in [-0.2, 0) is 28.4 Å². The van der Waals surface area contributed by atoms with Gasteiger partial charge in [-0.15, -0.1) is 6.58 Å². The molecule has 37 heavy (non-hydrogen) atoms.